The van der Waals surface area contributed by atoms with Crippen molar-refractivity contribution in [2.24, 2.45) is 0 Å². The van der Waals surface area contributed by atoms with Crippen molar-refractivity contribution in [2.75, 3.05) is 6.54 Å². The molecule has 0 saturated heterocycles. The summed E-state index contributed by atoms with van der Waals surface area (Å²) in [5.74, 6) is 0.661. The highest BCUT2D eigenvalue weighted by molar-refractivity contribution is 6.31. The second-order valence-corrected chi connectivity index (χ2v) is 5.06. The highest BCUT2D eigenvalue weighted by Gasteiger charge is 2.27. The minimum Gasteiger partial charge on any atom is -0.350 e. The van der Waals surface area contributed by atoms with Gasteiger partial charge in [0.25, 0.3) is 5.91 Å². The van der Waals surface area contributed by atoms with Crippen molar-refractivity contribution in [1.29, 1.82) is 0 Å². The number of nitrogens with zero attached hydrogens (tertiary/aromatic N) is 3. The fourth-order valence-electron chi connectivity index (χ4n) is 2.02. The van der Waals surface area contributed by atoms with E-state index in [-0.39, 0.29) is 5.91 Å². The van der Waals surface area contributed by atoms with Gasteiger partial charge in [0.1, 0.15) is 17.8 Å². The zero-order chi connectivity index (χ0) is 13.2. The number of aromatic nitrogens is 4. The van der Waals surface area contributed by atoms with Crippen LogP contribution < -0.4 is 5.32 Å². The van der Waals surface area contributed by atoms with Crippen LogP contribution in [0.4, 0.5) is 0 Å². The van der Waals surface area contributed by atoms with Gasteiger partial charge in [-0.2, -0.15) is 5.10 Å². The summed E-state index contributed by atoms with van der Waals surface area (Å²) in [6.45, 7) is 0.515. The number of H-pyrrole nitrogens is 1. The van der Waals surface area contributed by atoms with Crippen LogP contribution in [0.15, 0.2) is 18.6 Å². The lowest BCUT2D eigenvalue weighted by Crippen LogP contribution is -2.27. The van der Waals surface area contributed by atoms with E-state index in [0.29, 0.717) is 29.7 Å². The number of amides is 1. The van der Waals surface area contributed by atoms with Gasteiger partial charge in [-0.15, -0.1) is 0 Å². The second kappa shape index (κ2) is 5.05. The van der Waals surface area contributed by atoms with Crippen molar-refractivity contribution in [3.8, 4) is 0 Å². The largest absolute Gasteiger partial charge is 0.350 e. The summed E-state index contributed by atoms with van der Waals surface area (Å²) in [6.07, 6.45) is 6.13. The highest BCUT2D eigenvalue weighted by Crippen LogP contribution is 2.37. The monoisotopic (exact) mass is 279 g/mol. The number of hydrogen-bond donors (Lipinski definition) is 2. The van der Waals surface area contributed by atoms with E-state index in [1.807, 2.05) is 10.8 Å². The Morgan fingerprint density at radius 1 is 1.58 bits per heavy atom. The van der Waals surface area contributed by atoms with Gasteiger partial charge in [0, 0.05) is 25.2 Å². The Morgan fingerprint density at radius 2 is 2.42 bits per heavy atom. The molecular formula is C12H14ClN5O. The zero-order valence-electron chi connectivity index (χ0n) is 10.3. The molecule has 1 saturated carbocycles. The number of rotatable bonds is 5. The molecular weight excluding hydrogens is 266 g/mol. The first-order chi connectivity index (χ1) is 9.24. The molecule has 1 amide bonds. The maximum atomic E-state index is 12.1. The zero-order valence-corrected chi connectivity index (χ0v) is 11.0. The summed E-state index contributed by atoms with van der Waals surface area (Å²) < 4.78 is 1.96. The quantitative estimate of drug-likeness (QED) is 0.872. The molecule has 100 valence electrons. The molecule has 0 bridgehead atoms. The van der Waals surface area contributed by atoms with Gasteiger partial charge in [0.05, 0.1) is 5.02 Å². The molecule has 0 aliphatic heterocycles. The Bertz CT molecular complexity index is 573. The molecule has 6 nitrogen and oxygen atoms in total. The molecule has 0 aromatic carbocycles. The molecule has 3 rings (SSSR count). The molecule has 19 heavy (non-hydrogen) atoms. The fourth-order valence-corrected chi connectivity index (χ4v) is 2.23. The van der Waals surface area contributed by atoms with Crippen LogP contribution in [0.1, 0.15) is 35.2 Å². The molecule has 2 aromatic heterocycles. The maximum absolute atomic E-state index is 12.1. The number of halogens is 1. The molecule has 2 N–H and O–H groups in total. The van der Waals surface area contributed by atoms with Crippen molar-refractivity contribution in [3.63, 3.8) is 0 Å². The van der Waals surface area contributed by atoms with Crippen LogP contribution >= 0.6 is 11.6 Å². The minimum absolute atomic E-state index is 0.0988. The number of hydrogen-bond acceptors (Lipinski definition) is 3. The van der Waals surface area contributed by atoms with Gasteiger partial charge in [-0.3, -0.25) is 9.89 Å². The Labute approximate surface area is 115 Å². The predicted molar refractivity (Wildman–Crippen MR) is 70.1 cm³/mol. The lowest BCUT2D eigenvalue weighted by atomic mass is 10.3. The van der Waals surface area contributed by atoms with Crippen molar-refractivity contribution in [3.05, 3.63) is 35.1 Å². The van der Waals surface area contributed by atoms with Crippen LogP contribution in [-0.2, 0) is 6.42 Å². The van der Waals surface area contributed by atoms with E-state index >= 15 is 0 Å². The summed E-state index contributed by atoms with van der Waals surface area (Å²) in [6, 6.07) is 2.14. The molecule has 1 aliphatic carbocycles. The third kappa shape index (κ3) is 2.78. The van der Waals surface area contributed by atoms with Crippen LogP contribution in [0.2, 0.25) is 5.02 Å². The average molecular weight is 280 g/mol. The van der Waals surface area contributed by atoms with E-state index in [2.05, 4.69) is 20.5 Å². The van der Waals surface area contributed by atoms with E-state index in [9.17, 15) is 4.79 Å². The third-order valence-electron chi connectivity index (χ3n) is 3.10. The van der Waals surface area contributed by atoms with E-state index < -0.39 is 0 Å². The van der Waals surface area contributed by atoms with Crippen molar-refractivity contribution >= 4 is 17.5 Å². The lowest BCUT2D eigenvalue weighted by molar-refractivity contribution is 0.0944. The van der Waals surface area contributed by atoms with E-state index in [0.717, 1.165) is 18.7 Å². The van der Waals surface area contributed by atoms with Gasteiger partial charge in [0.15, 0.2) is 0 Å². The Balaban J connectivity index is 1.60. The minimum atomic E-state index is -0.0988. The van der Waals surface area contributed by atoms with Gasteiger partial charge >= 0.3 is 0 Å². The summed E-state index contributed by atoms with van der Waals surface area (Å²) in [4.78, 5) is 16.1. The first kappa shape index (κ1) is 12.2. The van der Waals surface area contributed by atoms with E-state index in [4.69, 9.17) is 11.6 Å². The third-order valence-corrected chi connectivity index (χ3v) is 3.31. The van der Waals surface area contributed by atoms with Crippen LogP contribution in [0.3, 0.4) is 0 Å². The summed E-state index contributed by atoms with van der Waals surface area (Å²) in [5, 5.41) is 9.98. The fraction of sp³-hybridized carbons (Fsp3) is 0.417. The highest BCUT2D eigenvalue weighted by atomic mass is 35.5. The molecule has 7 heteroatoms. The SMILES string of the molecule is O=C(NCCc1ncn[nH]1)c1cc(Cl)cn1C1CC1. The van der Waals surface area contributed by atoms with Gasteiger partial charge in [-0.25, -0.2) is 4.98 Å². The van der Waals surface area contributed by atoms with Crippen LogP contribution in [0, 0.1) is 0 Å². The van der Waals surface area contributed by atoms with E-state index in [1.54, 1.807) is 6.07 Å². The van der Waals surface area contributed by atoms with Crippen LogP contribution in [0.5, 0.6) is 0 Å². The topological polar surface area (TPSA) is 75.6 Å². The molecule has 0 unspecified atom stereocenters. The number of carbonyl (C=O) groups is 1. The van der Waals surface area contributed by atoms with Crippen molar-refractivity contribution in [2.45, 2.75) is 25.3 Å². The first-order valence-corrected chi connectivity index (χ1v) is 6.61. The van der Waals surface area contributed by atoms with Crippen molar-refractivity contribution < 1.29 is 4.79 Å². The van der Waals surface area contributed by atoms with Gasteiger partial charge in [-0.05, 0) is 18.9 Å². The summed E-state index contributed by atoms with van der Waals surface area (Å²) in [7, 11) is 0. The lowest BCUT2D eigenvalue weighted by Gasteiger charge is -2.07. The molecule has 2 aromatic rings. The van der Waals surface area contributed by atoms with Gasteiger partial charge < -0.3 is 9.88 Å². The van der Waals surface area contributed by atoms with Gasteiger partial charge in [-0.1, -0.05) is 11.6 Å². The van der Waals surface area contributed by atoms with Gasteiger partial charge in [0.2, 0.25) is 0 Å². The summed E-state index contributed by atoms with van der Waals surface area (Å²) in [5.41, 5.74) is 0.630. The molecule has 0 atom stereocenters. The maximum Gasteiger partial charge on any atom is 0.267 e. The number of aromatic amines is 1. The van der Waals surface area contributed by atoms with Crippen LogP contribution in [-0.4, -0.2) is 32.2 Å². The first-order valence-electron chi connectivity index (χ1n) is 6.24. The molecule has 2 heterocycles. The van der Waals surface area contributed by atoms with E-state index in [1.165, 1.54) is 6.33 Å². The Hall–Kier alpha value is -1.82. The number of carbonyl (C=O) groups excluding carboxylic acids is 1. The second-order valence-electron chi connectivity index (χ2n) is 4.62. The normalized spacial score (nSPS) is 14.6. The molecule has 0 spiro atoms. The Morgan fingerprint density at radius 3 is 3.11 bits per heavy atom. The standard InChI is InChI=1S/C12H14ClN5O/c13-8-5-10(18(6-8)9-1-2-9)12(19)14-4-3-11-15-7-16-17-11/h5-7,9H,1-4H2,(H,14,19)(H,15,16,17). The Kier molecular flexibility index (Phi) is 3.25. The average Bonchev–Trinajstić information content (AvgIpc) is 2.96. The molecule has 1 aliphatic rings. The molecule has 1 fully saturated rings. The summed E-state index contributed by atoms with van der Waals surface area (Å²) >= 11 is 5.97. The predicted octanol–water partition coefficient (Wildman–Crippen LogP) is 1.57. The van der Waals surface area contributed by atoms with Crippen LogP contribution in [0.25, 0.3) is 0 Å². The van der Waals surface area contributed by atoms with Crippen molar-refractivity contribution in [1.82, 2.24) is 25.1 Å². The smallest absolute Gasteiger partial charge is 0.267 e. The molecule has 0 radical (unpaired) electrons. The number of nitrogens with one attached hydrogen (secondary N) is 2.